The van der Waals surface area contributed by atoms with Crippen molar-refractivity contribution in [1.82, 2.24) is 0 Å². The van der Waals surface area contributed by atoms with E-state index < -0.39 is 20.8 Å². The van der Waals surface area contributed by atoms with Gasteiger partial charge in [-0.05, 0) is 34.7 Å². The number of halogens is 2. The second-order valence-corrected chi connectivity index (χ2v) is 13.5. The molecule has 0 N–H and O–H groups in total. The smallest absolute Gasteiger partial charge is 0.271 e. The van der Waals surface area contributed by atoms with E-state index in [4.69, 9.17) is 13.9 Å². The van der Waals surface area contributed by atoms with E-state index in [9.17, 15) is 8.78 Å². The molecule has 1 fully saturated rings. The molecule has 1 saturated heterocycles. The Labute approximate surface area is 185 Å². The summed E-state index contributed by atoms with van der Waals surface area (Å²) < 4.78 is 47.2. The maximum absolute atomic E-state index is 14.9. The van der Waals surface area contributed by atoms with Crippen molar-refractivity contribution in [3.05, 3.63) is 60.7 Å². The Bertz CT molecular complexity index is 748. The quantitative estimate of drug-likeness (QED) is 0.498. The van der Waals surface area contributed by atoms with Gasteiger partial charge in [-0.25, -0.2) is 8.78 Å². The number of hydrogen-bond donors (Lipinski definition) is 0. The lowest BCUT2D eigenvalue weighted by Gasteiger charge is -2.43. The van der Waals surface area contributed by atoms with Gasteiger partial charge in [0.15, 0.2) is 6.29 Å². The van der Waals surface area contributed by atoms with Crippen molar-refractivity contribution >= 4 is 18.7 Å². The van der Waals surface area contributed by atoms with E-state index in [1.165, 1.54) is 0 Å². The van der Waals surface area contributed by atoms with E-state index in [0.717, 1.165) is 29.6 Å². The Morgan fingerprint density at radius 3 is 2.00 bits per heavy atom. The highest BCUT2D eigenvalue weighted by Crippen LogP contribution is 2.38. The molecule has 6 heteroatoms. The Kier molecular flexibility index (Phi) is 8.02. The van der Waals surface area contributed by atoms with Crippen LogP contribution in [0.5, 0.6) is 0 Å². The molecule has 0 aromatic heterocycles. The fraction of sp³-hybridized carbons (Fsp3) is 0.520. The number of alkyl halides is 2. The Morgan fingerprint density at radius 2 is 1.52 bits per heavy atom. The predicted molar refractivity (Wildman–Crippen MR) is 123 cm³/mol. The molecule has 0 aliphatic carbocycles. The molecule has 3 nitrogen and oxygen atoms in total. The third kappa shape index (κ3) is 6.01. The SMILES string of the molecule is CC(C)(C)[Si](OCC(F)(F)CCO[C@@H]1CCCCO1)(c1ccccc1)c1ccccc1. The average Bonchev–Trinajstić information content (AvgIpc) is 2.75. The van der Waals surface area contributed by atoms with Gasteiger partial charge in [0.05, 0.1) is 13.2 Å². The largest absolute Gasteiger partial charge is 0.401 e. The highest BCUT2D eigenvalue weighted by atomic mass is 28.4. The zero-order valence-electron chi connectivity index (χ0n) is 18.8. The van der Waals surface area contributed by atoms with Crippen molar-refractivity contribution in [1.29, 1.82) is 0 Å². The third-order valence-corrected chi connectivity index (χ3v) is 10.8. The van der Waals surface area contributed by atoms with Crippen LogP contribution in [0.1, 0.15) is 46.5 Å². The van der Waals surface area contributed by atoms with Crippen LogP contribution in [0.4, 0.5) is 8.78 Å². The first-order valence-electron chi connectivity index (χ1n) is 11.1. The molecule has 3 rings (SSSR count). The maximum Gasteiger partial charge on any atom is 0.271 e. The summed E-state index contributed by atoms with van der Waals surface area (Å²) in [5, 5.41) is 1.66. The summed E-state index contributed by atoms with van der Waals surface area (Å²) in [5.74, 6) is -2.98. The fourth-order valence-corrected chi connectivity index (χ4v) is 8.81. The topological polar surface area (TPSA) is 27.7 Å². The molecule has 31 heavy (non-hydrogen) atoms. The van der Waals surface area contributed by atoms with Crippen LogP contribution < -0.4 is 10.4 Å². The molecule has 170 valence electrons. The second-order valence-electron chi connectivity index (χ2n) is 9.22. The van der Waals surface area contributed by atoms with Crippen LogP contribution in [0.15, 0.2) is 60.7 Å². The molecule has 1 aliphatic rings. The normalized spacial score (nSPS) is 18.2. The van der Waals surface area contributed by atoms with Gasteiger partial charge in [-0.1, -0.05) is 81.4 Å². The van der Waals surface area contributed by atoms with Gasteiger partial charge in [0, 0.05) is 13.0 Å². The monoisotopic (exact) mass is 448 g/mol. The van der Waals surface area contributed by atoms with Crippen molar-refractivity contribution in [3.63, 3.8) is 0 Å². The standard InChI is InChI=1S/C25H34F2O3Si/c1-24(2,3)31(21-12-6-4-7-13-21,22-14-8-5-9-15-22)30-20-25(26,27)17-19-29-23-16-10-11-18-28-23/h4-9,12-15,23H,10-11,16-20H2,1-3H3/t23-/m1/s1. The first-order valence-corrected chi connectivity index (χ1v) is 13.0. The summed E-state index contributed by atoms with van der Waals surface area (Å²) in [7, 11) is -2.98. The van der Waals surface area contributed by atoms with E-state index in [0.29, 0.717) is 6.61 Å². The van der Waals surface area contributed by atoms with Gasteiger partial charge in [-0.3, -0.25) is 0 Å². The van der Waals surface area contributed by atoms with Gasteiger partial charge in [-0.2, -0.15) is 0 Å². The van der Waals surface area contributed by atoms with Crippen LogP contribution in [-0.4, -0.2) is 40.4 Å². The van der Waals surface area contributed by atoms with Crippen molar-refractivity contribution in [2.45, 2.75) is 63.7 Å². The summed E-state index contributed by atoms with van der Waals surface area (Å²) in [6, 6.07) is 19.7. The zero-order valence-corrected chi connectivity index (χ0v) is 19.8. The maximum atomic E-state index is 14.9. The minimum Gasteiger partial charge on any atom is -0.401 e. The lowest BCUT2D eigenvalue weighted by Crippen LogP contribution is -2.67. The highest BCUT2D eigenvalue weighted by molar-refractivity contribution is 6.99. The molecule has 0 spiro atoms. The molecule has 1 heterocycles. The average molecular weight is 449 g/mol. The fourth-order valence-electron chi connectivity index (χ4n) is 4.23. The second kappa shape index (κ2) is 10.3. The van der Waals surface area contributed by atoms with Crippen molar-refractivity contribution in [2.24, 2.45) is 0 Å². The summed E-state index contributed by atoms with van der Waals surface area (Å²) in [6.07, 6.45) is 2.04. The van der Waals surface area contributed by atoms with Crippen LogP contribution in [-0.2, 0) is 13.9 Å². The van der Waals surface area contributed by atoms with Crippen LogP contribution >= 0.6 is 0 Å². The molecule has 1 aliphatic heterocycles. The first kappa shape index (κ1) is 24.0. The Morgan fingerprint density at radius 1 is 0.935 bits per heavy atom. The van der Waals surface area contributed by atoms with E-state index in [2.05, 4.69) is 20.8 Å². The van der Waals surface area contributed by atoms with Gasteiger partial charge in [0.25, 0.3) is 14.2 Å². The molecule has 0 saturated carbocycles. The third-order valence-electron chi connectivity index (χ3n) is 5.83. The number of hydrogen-bond acceptors (Lipinski definition) is 3. The van der Waals surface area contributed by atoms with Crippen LogP contribution in [0.2, 0.25) is 5.04 Å². The molecule has 0 bridgehead atoms. The molecule has 2 aromatic rings. The van der Waals surface area contributed by atoms with Crippen LogP contribution in [0.3, 0.4) is 0 Å². The van der Waals surface area contributed by atoms with Gasteiger partial charge in [0.2, 0.25) is 0 Å². The van der Waals surface area contributed by atoms with Crippen LogP contribution in [0, 0.1) is 0 Å². The molecular formula is C25H34F2O3Si. The van der Waals surface area contributed by atoms with Gasteiger partial charge < -0.3 is 13.9 Å². The molecule has 0 unspecified atom stereocenters. The summed E-state index contributed by atoms with van der Waals surface area (Å²) in [5.41, 5.74) is 0. The van der Waals surface area contributed by atoms with Crippen molar-refractivity contribution in [3.8, 4) is 0 Å². The van der Waals surface area contributed by atoms with Gasteiger partial charge in [0.1, 0.15) is 0 Å². The number of rotatable bonds is 9. The van der Waals surface area contributed by atoms with E-state index in [1.807, 2.05) is 60.7 Å². The molecule has 1 atom stereocenters. The minimum absolute atomic E-state index is 0.0399. The Balaban J connectivity index is 1.78. The van der Waals surface area contributed by atoms with E-state index >= 15 is 0 Å². The number of ether oxygens (including phenoxy) is 2. The zero-order chi connectivity index (χ0) is 22.4. The summed E-state index contributed by atoms with van der Waals surface area (Å²) in [6.45, 7) is 6.22. The number of benzene rings is 2. The van der Waals surface area contributed by atoms with Crippen LogP contribution in [0.25, 0.3) is 0 Å². The summed E-state index contributed by atoms with van der Waals surface area (Å²) >= 11 is 0. The highest BCUT2D eigenvalue weighted by Gasteiger charge is 2.51. The van der Waals surface area contributed by atoms with Gasteiger partial charge in [-0.15, -0.1) is 0 Å². The van der Waals surface area contributed by atoms with Crippen molar-refractivity contribution in [2.75, 3.05) is 19.8 Å². The van der Waals surface area contributed by atoms with Crippen molar-refractivity contribution < 1.29 is 22.7 Å². The predicted octanol–water partition coefficient (Wildman–Crippen LogP) is 5.13. The first-order chi connectivity index (χ1) is 14.7. The Hall–Kier alpha value is -1.60. The lowest BCUT2D eigenvalue weighted by molar-refractivity contribution is -0.174. The van der Waals surface area contributed by atoms with E-state index in [1.54, 1.807) is 0 Å². The molecule has 2 aromatic carbocycles. The van der Waals surface area contributed by atoms with E-state index in [-0.39, 0.29) is 24.4 Å². The molecule has 0 amide bonds. The minimum atomic E-state index is -2.98. The molecular weight excluding hydrogens is 414 g/mol. The lowest BCUT2D eigenvalue weighted by atomic mass is 10.2. The van der Waals surface area contributed by atoms with Gasteiger partial charge >= 0.3 is 0 Å². The summed E-state index contributed by atoms with van der Waals surface area (Å²) in [4.78, 5) is 0. The molecule has 0 radical (unpaired) electrons.